The first-order valence-corrected chi connectivity index (χ1v) is 5.97. The summed E-state index contributed by atoms with van der Waals surface area (Å²) in [6.45, 7) is 0. The average molecular weight is 275 g/mol. The lowest BCUT2D eigenvalue weighted by Gasteiger charge is -2.14. The van der Waals surface area contributed by atoms with Crippen molar-refractivity contribution in [3.63, 3.8) is 0 Å². The molecule has 2 aromatic rings. The fourth-order valence-electron chi connectivity index (χ4n) is 1.73. The fourth-order valence-corrected chi connectivity index (χ4v) is 1.73. The second-order valence-electron chi connectivity index (χ2n) is 3.93. The third kappa shape index (κ3) is 2.66. The van der Waals surface area contributed by atoms with Gasteiger partial charge in [0.1, 0.15) is 23.5 Å². The molecule has 0 aliphatic rings. The number of aromatic nitrogens is 2. The molecule has 0 aliphatic carbocycles. The van der Waals surface area contributed by atoms with Crippen LogP contribution in [-0.4, -0.2) is 31.2 Å². The highest BCUT2D eigenvalue weighted by Gasteiger charge is 2.10. The fraction of sp³-hybridized carbons (Fsp3) is 0.231. The number of nitrogens with two attached hydrogens (primary N) is 1. The normalized spacial score (nSPS) is 9.95. The predicted octanol–water partition coefficient (Wildman–Crippen LogP) is 1.86. The maximum atomic E-state index is 5.98. The molecule has 1 heterocycles. The molecular weight excluding hydrogens is 258 g/mol. The molecule has 0 unspecified atom stereocenters. The number of benzene rings is 1. The third-order valence-electron chi connectivity index (χ3n) is 2.78. The Kier molecular flexibility index (Phi) is 4.09. The van der Waals surface area contributed by atoms with Gasteiger partial charge in [0.2, 0.25) is 0 Å². The SMILES string of the molecule is CNc1ncnc(Nc2cc(OC)ccc2OC)c1N. The molecule has 20 heavy (non-hydrogen) atoms. The molecule has 0 saturated carbocycles. The van der Waals surface area contributed by atoms with E-state index >= 15 is 0 Å². The first-order valence-electron chi connectivity index (χ1n) is 5.97. The summed E-state index contributed by atoms with van der Waals surface area (Å²) in [7, 11) is 4.94. The van der Waals surface area contributed by atoms with Gasteiger partial charge in [-0.15, -0.1) is 0 Å². The Morgan fingerprint density at radius 3 is 2.50 bits per heavy atom. The van der Waals surface area contributed by atoms with Gasteiger partial charge in [-0.3, -0.25) is 0 Å². The Hall–Kier alpha value is -2.70. The van der Waals surface area contributed by atoms with E-state index in [4.69, 9.17) is 15.2 Å². The number of nitrogens with one attached hydrogen (secondary N) is 2. The zero-order valence-corrected chi connectivity index (χ0v) is 11.6. The van der Waals surface area contributed by atoms with Crippen LogP contribution < -0.4 is 25.8 Å². The van der Waals surface area contributed by atoms with Gasteiger partial charge in [0, 0.05) is 13.1 Å². The lowest BCUT2D eigenvalue weighted by molar-refractivity contribution is 0.405. The average Bonchev–Trinajstić information content (AvgIpc) is 2.49. The van der Waals surface area contributed by atoms with Crippen molar-refractivity contribution < 1.29 is 9.47 Å². The Morgan fingerprint density at radius 1 is 1.10 bits per heavy atom. The molecule has 7 heteroatoms. The molecule has 0 atom stereocenters. The molecule has 106 valence electrons. The van der Waals surface area contributed by atoms with Crippen LogP contribution in [0.3, 0.4) is 0 Å². The second kappa shape index (κ2) is 5.96. The molecule has 0 fully saturated rings. The number of hydrogen-bond acceptors (Lipinski definition) is 7. The molecule has 0 bridgehead atoms. The smallest absolute Gasteiger partial charge is 0.159 e. The zero-order valence-electron chi connectivity index (χ0n) is 11.6. The van der Waals surface area contributed by atoms with E-state index in [1.165, 1.54) is 6.33 Å². The summed E-state index contributed by atoms with van der Waals surface area (Å²) in [6, 6.07) is 5.42. The van der Waals surface area contributed by atoms with Gasteiger partial charge >= 0.3 is 0 Å². The van der Waals surface area contributed by atoms with Crippen molar-refractivity contribution in [1.29, 1.82) is 0 Å². The Labute approximate surface area is 117 Å². The van der Waals surface area contributed by atoms with Gasteiger partial charge in [-0.25, -0.2) is 9.97 Å². The topological polar surface area (TPSA) is 94.3 Å². The monoisotopic (exact) mass is 275 g/mol. The molecule has 1 aromatic heterocycles. The van der Waals surface area contributed by atoms with Crippen LogP contribution in [0.1, 0.15) is 0 Å². The number of methoxy groups -OCH3 is 2. The summed E-state index contributed by atoms with van der Waals surface area (Å²) in [6.07, 6.45) is 1.43. The van der Waals surface area contributed by atoms with E-state index in [0.717, 1.165) is 0 Å². The van der Waals surface area contributed by atoms with Crippen LogP contribution in [-0.2, 0) is 0 Å². The van der Waals surface area contributed by atoms with Gasteiger partial charge < -0.3 is 25.8 Å². The van der Waals surface area contributed by atoms with E-state index in [0.29, 0.717) is 34.5 Å². The van der Waals surface area contributed by atoms with Crippen molar-refractivity contribution in [1.82, 2.24) is 9.97 Å². The Morgan fingerprint density at radius 2 is 1.85 bits per heavy atom. The maximum absolute atomic E-state index is 5.98. The van der Waals surface area contributed by atoms with Crippen LogP contribution in [0.25, 0.3) is 0 Å². The van der Waals surface area contributed by atoms with Crippen LogP contribution in [0.4, 0.5) is 23.0 Å². The van der Waals surface area contributed by atoms with Gasteiger partial charge in [-0.05, 0) is 12.1 Å². The minimum absolute atomic E-state index is 0.430. The third-order valence-corrected chi connectivity index (χ3v) is 2.78. The van der Waals surface area contributed by atoms with Gasteiger partial charge in [0.05, 0.1) is 19.9 Å². The number of hydrogen-bond donors (Lipinski definition) is 3. The maximum Gasteiger partial charge on any atom is 0.159 e. The molecule has 7 nitrogen and oxygen atoms in total. The van der Waals surface area contributed by atoms with Crippen LogP contribution in [0.5, 0.6) is 11.5 Å². The molecule has 1 aromatic carbocycles. The highest BCUT2D eigenvalue weighted by molar-refractivity contribution is 5.79. The van der Waals surface area contributed by atoms with E-state index in [1.807, 2.05) is 6.07 Å². The van der Waals surface area contributed by atoms with Crippen LogP contribution in [0, 0.1) is 0 Å². The van der Waals surface area contributed by atoms with Gasteiger partial charge in [-0.1, -0.05) is 0 Å². The van der Waals surface area contributed by atoms with Crippen molar-refractivity contribution in [2.45, 2.75) is 0 Å². The summed E-state index contributed by atoms with van der Waals surface area (Å²) in [5, 5.41) is 6.02. The first-order chi connectivity index (χ1) is 9.69. The minimum Gasteiger partial charge on any atom is -0.497 e. The number of ether oxygens (including phenoxy) is 2. The quantitative estimate of drug-likeness (QED) is 0.766. The number of anilines is 4. The molecule has 0 radical (unpaired) electrons. The number of rotatable bonds is 5. The van der Waals surface area contributed by atoms with E-state index in [9.17, 15) is 0 Å². The van der Waals surface area contributed by atoms with Gasteiger partial charge in [0.25, 0.3) is 0 Å². The van der Waals surface area contributed by atoms with Crippen molar-refractivity contribution in [2.75, 3.05) is 37.6 Å². The summed E-state index contributed by atoms with van der Waals surface area (Å²) in [5.41, 5.74) is 7.12. The summed E-state index contributed by atoms with van der Waals surface area (Å²) in [5.74, 6) is 2.42. The van der Waals surface area contributed by atoms with Crippen molar-refractivity contribution in [2.24, 2.45) is 0 Å². The van der Waals surface area contributed by atoms with Crippen molar-refractivity contribution >= 4 is 23.0 Å². The van der Waals surface area contributed by atoms with E-state index < -0.39 is 0 Å². The Bertz CT molecular complexity index is 603. The lowest BCUT2D eigenvalue weighted by atomic mass is 10.2. The van der Waals surface area contributed by atoms with Crippen LogP contribution in [0.2, 0.25) is 0 Å². The lowest BCUT2D eigenvalue weighted by Crippen LogP contribution is -2.05. The van der Waals surface area contributed by atoms with Gasteiger partial charge in [0.15, 0.2) is 11.6 Å². The standard InChI is InChI=1S/C13H17N5O2/c1-15-12-11(14)13(17-7-16-12)18-9-6-8(19-2)4-5-10(9)20-3/h4-7H,14H2,1-3H3,(H2,15,16,17,18). The van der Waals surface area contributed by atoms with Crippen LogP contribution in [0.15, 0.2) is 24.5 Å². The second-order valence-corrected chi connectivity index (χ2v) is 3.93. The largest absolute Gasteiger partial charge is 0.497 e. The number of nitrogens with zero attached hydrogens (tertiary/aromatic N) is 2. The highest BCUT2D eigenvalue weighted by atomic mass is 16.5. The minimum atomic E-state index is 0.430. The van der Waals surface area contributed by atoms with Gasteiger partial charge in [-0.2, -0.15) is 0 Å². The molecule has 4 N–H and O–H groups in total. The molecule has 0 aliphatic heterocycles. The summed E-state index contributed by atoms with van der Waals surface area (Å²) in [4.78, 5) is 8.16. The molecular formula is C13H17N5O2. The van der Waals surface area contributed by atoms with Crippen molar-refractivity contribution in [3.8, 4) is 11.5 Å². The zero-order chi connectivity index (χ0) is 14.5. The molecule has 0 saturated heterocycles. The molecule has 0 spiro atoms. The van der Waals surface area contributed by atoms with Crippen LogP contribution >= 0.6 is 0 Å². The summed E-state index contributed by atoms with van der Waals surface area (Å²) >= 11 is 0. The predicted molar refractivity (Wildman–Crippen MR) is 78.8 cm³/mol. The molecule has 0 amide bonds. The number of nitrogen functional groups attached to an aromatic ring is 1. The highest BCUT2D eigenvalue weighted by Crippen LogP contribution is 2.33. The van der Waals surface area contributed by atoms with E-state index in [2.05, 4.69) is 20.6 Å². The first kappa shape index (κ1) is 13.7. The molecule has 2 rings (SSSR count). The van der Waals surface area contributed by atoms with E-state index in [-0.39, 0.29) is 0 Å². The van der Waals surface area contributed by atoms with Crippen molar-refractivity contribution in [3.05, 3.63) is 24.5 Å². The Balaban J connectivity index is 2.38. The van der Waals surface area contributed by atoms with E-state index in [1.54, 1.807) is 33.4 Å². The summed E-state index contributed by atoms with van der Waals surface area (Å²) < 4.78 is 10.5.